The maximum Gasteiger partial charge on any atom is 0.336 e. The van der Waals surface area contributed by atoms with Crippen LogP contribution in [0.15, 0.2) is 36.4 Å². The third-order valence-electron chi connectivity index (χ3n) is 3.01. The Morgan fingerprint density at radius 2 is 1.95 bits per heavy atom. The van der Waals surface area contributed by atoms with E-state index in [4.69, 9.17) is 23.2 Å². The molecule has 0 fully saturated rings. The predicted molar refractivity (Wildman–Crippen MR) is 78.5 cm³/mol. The quantitative estimate of drug-likeness (QED) is 0.744. The first-order valence-corrected chi connectivity index (χ1v) is 6.49. The highest BCUT2D eigenvalue weighted by molar-refractivity contribution is 6.42. The smallest absolute Gasteiger partial charge is 0.336 e. The summed E-state index contributed by atoms with van der Waals surface area (Å²) in [6.07, 6.45) is 0. The molecule has 0 bridgehead atoms. The Labute approximate surface area is 123 Å². The van der Waals surface area contributed by atoms with E-state index in [1.165, 1.54) is 0 Å². The summed E-state index contributed by atoms with van der Waals surface area (Å²) in [4.78, 5) is 11.3. The summed E-state index contributed by atoms with van der Waals surface area (Å²) in [6.45, 7) is 0. The number of nitrogens with one attached hydrogen (secondary N) is 1. The molecule has 0 atom stereocenters. The largest absolute Gasteiger partial charge is 0.478 e. The SMILES string of the molecule is O=C(O)c1cccc2[nH]nc(-c3ccc(Cl)c(Cl)c3)c12. The van der Waals surface area contributed by atoms with E-state index >= 15 is 0 Å². The molecule has 20 heavy (non-hydrogen) atoms. The van der Waals surface area contributed by atoms with Crippen molar-refractivity contribution in [3.05, 3.63) is 52.0 Å². The van der Waals surface area contributed by atoms with Gasteiger partial charge in [0.25, 0.3) is 0 Å². The van der Waals surface area contributed by atoms with Gasteiger partial charge >= 0.3 is 5.97 Å². The zero-order valence-corrected chi connectivity index (χ0v) is 11.5. The second-order valence-corrected chi connectivity index (χ2v) is 5.05. The van der Waals surface area contributed by atoms with Gasteiger partial charge in [0, 0.05) is 10.9 Å². The number of benzene rings is 2. The van der Waals surface area contributed by atoms with Crippen molar-refractivity contribution in [2.75, 3.05) is 0 Å². The monoisotopic (exact) mass is 306 g/mol. The first-order chi connectivity index (χ1) is 9.58. The zero-order valence-electron chi connectivity index (χ0n) is 10.0. The van der Waals surface area contributed by atoms with Crippen LogP contribution in [-0.4, -0.2) is 21.3 Å². The highest BCUT2D eigenvalue weighted by Crippen LogP contribution is 2.32. The third-order valence-corrected chi connectivity index (χ3v) is 3.75. The molecule has 100 valence electrons. The van der Waals surface area contributed by atoms with Gasteiger partial charge in [-0.1, -0.05) is 35.3 Å². The van der Waals surface area contributed by atoms with Crippen LogP contribution in [0.3, 0.4) is 0 Å². The van der Waals surface area contributed by atoms with Crippen molar-refractivity contribution >= 4 is 40.1 Å². The Morgan fingerprint density at radius 3 is 2.65 bits per heavy atom. The molecule has 0 amide bonds. The van der Waals surface area contributed by atoms with Crippen LogP contribution in [0.1, 0.15) is 10.4 Å². The van der Waals surface area contributed by atoms with E-state index in [-0.39, 0.29) is 5.56 Å². The van der Waals surface area contributed by atoms with E-state index in [0.717, 1.165) is 0 Å². The van der Waals surface area contributed by atoms with E-state index < -0.39 is 5.97 Å². The minimum atomic E-state index is -1.00. The zero-order chi connectivity index (χ0) is 14.3. The summed E-state index contributed by atoms with van der Waals surface area (Å²) in [6, 6.07) is 10.1. The minimum Gasteiger partial charge on any atom is -0.478 e. The molecule has 3 rings (SSSR count). The maximum atomic E-state index is 11.3. The fourth-order valence-electron chi connectivity index (χ4n) is 2.10. The predicted octanol–water partition coefficient (Wildman–Crippen LogP) is 4.23. The molecule has 6 heteroatoms. The van der Waals surface area contributed by atoms with Gasteiger partial charge in [0.05, 0.1) is 21.1 Å². The van der Waals surface area contributed by atoms with Gasteiger partial charge in [0.1, 0.15) is 5.69 Å². The highest BCUT2D eigenvalue weighted by atomic mass is 35.5. The lowest BCUT2D eigenvalue weighted by atomic mass is 10.0. The number of hydrogen-bond acceptors (Lipinski definition) is 2. The van der Waals surface area contributed by atoms with Gasteiger partial charge in [-0.05, 0) is 24.3 Å². The van der Waals surface area contributed by atoms with Crippen molar-refractivity contribution in [1.82, 2.24) is 10.2 Å². The molecule has 1 aromatic heterocycles. The number of aromatic amines is 1. The summed E-state index contributed by atoms with van der Waals surface area (Å²) in [5, 5.41) is 17.7. The summed E-state index contributed by atoms with van der Waals surface area (Å²) >= 11 is 11.9. The molecule has 0 saturated carbocycles. The van der Waals surface area contributed by atoms with E-state index in [0.29, 0.717) is 32.2 Å². The van der Waals surface area contributed by atoms with E-state index in [1.54, 1.807) is 36.4 Å². The third kappa shape index (κ3) is 2.03. The van der Waals surface area contributed by atoms with Gasteiger partial charge in [-0.25, -0.2) is 4.79 Å². The molecule has 0 aliphatic rings. The molecule has 4 nitrogen and oxygen atoms in total. The number of carboxylic acids is 1. The highest BCUT2D eigenvalue weighted by Gasteiger charge is 2.16. The fraction of sp³-hybridized carbons (Fsp3) is 0. The van der Waals surface area contributed by atoms with Crippen molar-refractivity contribution in [2.45, 2.75) is 0 Å². The van der Waals surface area contributed by atoms with Crippen molar-refractivity contribution in [1.29, 1.82) is 0 Å². The van der Waals surface area contributed by atoms with Gasteiger partial charge in [-0.2, -0.15) is 5.10 Å². The van der Waals surface area contributed by atoms with Crippen molar-refractivity contribution in [2.24, 2.45) is 0 Å². The Balaban J connectivity index is 2.31. The average molecular weight is 307 g/mol. The Morgan fingerprint density at radius 1 is 1.15 bits per heavy atom. The number of fused-ring (bicyclic) bond motifs is 1. The normalized spacial score (nSPS) is 10.9. The van der Waals surface area contributed by atoms with Gasteiger partial charge in [0.2, 0.25) is 0 Å². The molecular weight excluding hydrogens is 299 g/mol. The molecule has 2 N–H and O–H groups in total. The Bertz CT molecular complexity index is 827. The van der Waals surface area contributed by atoms with Crippen molar-refractivity contribution in [3.8, 4) is 11.3 Å². The maximum absolute atomic E-state index is 11.3. The van der Waals surface area contributed by atoms with Crippen molar-refractivity contribution < 1.29 is 9.90 Å². The number of halogens is 2. The van der Waals surface area contributed by atoms with Gasteiger partial charge in [0.15, 0.2) is 0 Å². The van der Waals surface area contributed by atoms with Crippen LogP contribution in [0.5, 0.6) is 0 Å². The molecule has 1 heterocycles. The van der Waals surface area contributed by atoms with Crippen LogP contribution in [0.2, 0.25) is 10.0 Å². The number of aromatic carboxylic acids is 1. The Kier molecular flexibility index (Phi) is 3.12. The lowest BCUT2D eigenvalue weighted by Crippen LogP contribution is -1.97. The summed E-state index contributed by atoms with van der Waals surface area (Å²) < 4.78 is 0. The molecule has 0 aliphatic carbocycles. The molecule has 0 saturated heterocycles. The number of carbonyl (C=O) groups is 1. The van der Waals surface area contributed by atoms with E-state index in [9.17, 15) is 9.90 Å². The molecule has 0 aliphatic heterocycles. The number of H-pyrrole nitrogens is 1. The second-order valence-electron chi connectivity index (χ2n) is 4.23. The van der Waals surface area contributed by atoms with Crippen molar-refractivity contribution in [3.63, 3.8) is 0 Å². The van der Waals surface area contributed by atoms with Crippen LogP contribution < -0.4 is 0 Å². The van der Waals surface area contributed by atoms with E-state index in [1.807, 2.05) is 0 Å². The Hall–Kier alpha value is -2.04. The van der Waals surface area contributed by atoms with E-state index in [2.05, 4.69) is 10.2 Å². The van der Waals surface area contributed by atoms with Gasteiger partial charge in [-0.3, -0.25) is 5.10 Å². The number of carboxylic acid groups (broad SMARTS) is 1. The van der Waals surface area contributed by atoms with Crippen LogP contribution in [0, 0.1) is 0 Å². The number of hydrogen-bond donors (Lipinski definition) is 2. The summed E-state index contributed by atoms with van der Waals surface area (Å²) in [7, 11) is 0. The lowest BCUT2D eigenvalue weighted by Gasteiger charge is -2.03. The summed E-state index contributed by atoms with van der Waals surface area (Å²) in [5.74, 6) is -1.00. The molecule has 3 aromatic rings. The van der Waals surface area contributed by atoms with Crippen LogP contribution in [0.25, 0.3) is 22.2 Å². The summed E-state index contributed by atoms with van der Waals surface area (Å²) in [5.41, 5.74) is 2.10. The standard InChI is InChI=1S/C14H8Cl2N2O2/c15-9-5-4-7(6-10(9)16)13-12-8(14(19)20)2-1-3-11(12)17-18-13/h1-6H,(H,17,18)(H,19,20). The molecular formula is C14H8Cl2N2O2. The minimum absolute atomic E-state index is 0.192. The van der Waals surface area contributed by atoms with Crippen LogP contribution in [-0.2, 0) is 0 Å². The van der Waals surface area contributed by atoms with Crippen LogP contribution >= 0.6 is 23.2 Å². The first kappa shape index (κ1) is 13.0. The van der Waals surface area contributed by atoms with Gasteiger partial charge in [-0.15, -0.1) is 0 Å². The molecule has 0 radical (unpaired) electrons. The lowest BCUT2D eigenvalue weighted by molar-refractivity contribution is 0.0699. The first-order valence-electron chi connectivity index (χ1n) is 5.73. The van der Waals surface area contributed by atoms with Crippen LogP contribution in [0.4, 0.5) is 0 Å². The topological polar surface area (TPSA) is 66.0 Å². The molecule has 0 unspecified atom stereocenters. The number of nitrogens with zero attached hydrogens (tertiary/aromatic N) is 1. The molecule has 0 spiro atoms. The molecule has 2 aromatic carbocycles. The fourth-order valence-corrected chi connectivity index (χ4v) is 2.40. The number of rotatable bonds is 2. The average Bonchev–Trinajstić information content (AvgIpc) is 2.85. The number of aromatic nitrogens is 2. The van der Waals surface area contributed by atoms with Gasteiger partial charge < -0.3 is 5.11 Å². The second kappa shape index (κ2) is 4.81.